The molecule has 0 aliphatic carbocycles. The fourth-order valence-electron chi connectivity index (χ4n) is 5.94. The van der Waals surface area contributed by atoms with Crippen LogP contribution in [0.2, 0.25) is 0 Å². The first kappa shape index (κ1) is 22.7. The van der Waals surface area contributed by atoms with Crippen molar-refractivity contribution in [3.63, 3.8) is 0 Å². The number of halogens is 2. The van der Waals surface area contributed by atoms with E-state index in [1.54, 1.807) is 18.3 Å². The Morgan fingerprint density at radius 2 is 1.88 bits per heavy atom. The zero-order valence-corrected chi connectivity index (χ0v) is 19.5. The van der Waals surface area contributed by atoms with E-state index in [0.717, 1.165) is 25.7 Å². The second kappa shape index (κ2) is 8.61. The quantitative estimate of drug-likeness (QED) is 0.490. The van der Waals surface area contributed by atoms with E-state index in [2.05, 4.69) is 39.6 Å². The third kappa shape index (κ3) is 4.24. The Bertz CT molecular complexity index is 1140. The molecule has 2 saturated heterocycles. The molecule has 3 N–H and O–H groups in total. The number of hydrogen-bond acceptors (Lipinski definition) is 6. The summed E-state index contributed by atoms with van der Waals surface area (Å²) in [6.07, 6.45) is 8.27. The third-order valence-corrected chi connectivity index (χ3v) is 7.31. The van der Waals surface area contributed by atoms with Crippen molar-refractivity contribution < 1.29 is 13.9 Å². The molecule has 2 fully saturated rings. The summed E-state index contributed by atoms with van der Waals surface area (Å²) in [5, 5.41) is 29.5. The Kier molecular flexibility index (Phi) is 5.75. The van der Waals surface area contributed by atoms with Crippen molar-refractivity contribution in [2.24, 2.45) is 0 Å². The molecule has 0 spiro atoms. The Morgan fingerprint density at radius 3 is 2.50 bits per heavy atom. The smallest absolute Gasteiger partial charge is 0.151 e. The van der Waals surface area contributed by atoms with Gasteiger partial charge in [-0.15, -0.1) is 10.2 Å². The summed E-state index contributed by atoms with van der Waals surface area (Å²) >= 11 is 0. The number of hydrogen-bond donors (Lipinski definition) is 3. The largest absolute Gasteiger partial charge is 0.507 e. The van der Waals surface area contributed by atoms with Crippen molar-refractivity contribution in [2.45, 2.75) is 63.1 Å². The van der Waals surface area contributed by atoms with Gasteiger partial charge in [0.15, 0.2) is 5.82 Å². The van der Waals surface area contributed by atoms with Gasteiger partial charge in [0, 0.05) is 46.6 Å². The summed E-state index contributed by atoms with van der Waals surface area (Å²) in [5.74, 6) is -0.0114. The predicted molar refractivity (Wildman–Crippen MR) is 127 cm³/mol. The van der Waals surface area contributed by atoms with Crippen LogP contribution in [0.25, 0.3) is 22.4 Å². The lowest BCUT2D eigenvalue weighted by atomic mass is 9.69. The predicted octanol–water partition coefficient (Wildman–Crippen LogP) is 4.61. The van der Waals surface area contributed by atoms with Gasteiger partial charge in [0.25, 0.3) is 0 Å². The highest BCUT2D eigenvalue weighted by Gasteiger charge is 2.47. The molecule has 4 heterocycles. The number of piperidine rings is 2. The summed E-state index contributed by atoms with van der Waals surface area (Å²) in [6.45, 7) is 4.26. The van der Waals surface area contributed by atoms with Gasteiger partial charge < -0.3 is 15.3 Å². The molecule has 3 aromatic rings. The molecule has 5 rings (SSSR count). The molecular formula is C25H30F2N6O. The van der Waals surface area contributed by atoms with Gasteiger partial charge in [-0.3, -0.25) is 5.10 Å². The van der Waals surface area contributed by atoms with Crippen molar-refractivity contribution in [1.29, 1.82) is 0 Å². The number of nitrogens with zero attached hydrogens (tertiary/aromatic N) is 4. The molecule has 2 aliphatic heterocycles. The van der Waals surface area contributed by atoms with Crippen molar-refractivity contribution in [3.05, 3.63) is 42.5 Å². The van der Waals surface area contributed by atoms with Crippen LogP contribution in [0.4, 0.5) is 14.6 Å². The monoisotopic (exact) mass is 468 g/mol. The Hall–Kier alpha value is -3.07. The van der Waals surface area contributed by atoms with Gasteiger partial charge in [-0.1, -0.05) is 0 Å². The number of phenols is 1. The second-order valence-electron chi connectivity index (χ2n) is 10.2. The summed E-state index contributed by atoms with van der Waals surface area (Å²) < 4.78 is 28.3. The SMILES string of the molecule is C[C@]12CCC[C@](C)(CC(N(CCF)c3ccc(-c4cc(F)c(-c5cn[nH]c5)cc4O)nn3)C1)N2. The van der Waals surface area contributed by atoms with Gasteiger partial charge in [-0.05, 0) is 70.2 Å². The zero-order valence-electron chi connectivity index (χ0n) is 19.5. The first-order valence-electron chi connectivity index (χ1n) is 11.8. The first-order valence-corrected chi connectivity index (χ1v) is 11.8. The molecule has 3 atom stereocenters. The molecule has 9 heteroatoms. The number of phenolic OH excluding ortho intramolecular Hbond substituents is 1. The molecule has 34 heavy (non-hydrogen) atoms. The number of fused-ring (bicyclic) bond motifs is 2. The van der Waals surface area contributed by atoms with Crippen LogP contribution in [0, 0.1) is 5.82 Å². The number of aromatic amines is 1. The number of rotatable bonds is 6. The average Bonchev–Trinajstić information content (AvgIpc) is 3.32. The van der Waals surface area contributed by atoms with E-state index < -0.39 is 12.5 Å². The molecule has 2 aromatic heterocycles. The van der Waals surface area contributed by atoms with Crippen LogP contribution in [0.15, 0.2) is 36.7 Å². The summed E-state index contributed by atoms with van der Waals surface area (Å²) in [5.41, 5.74) is 1.43. The maximum absolute atomic E-state index is 14.8. The standard InChI is InChI=1S/C25H30F2N6O/c1-24-6-3-7-25(2,32-24)13-17(12-24)33(9-8-26)23-5-4-21(30-31-23)19-10-20(27)18(11-22(19)34)16-14-28-29-15-16/h4-5,10-11,14-15,17,32,34H,3,6-9,12-13H2,1-2H3,(H,28,29)/t17?,24-,25+. The Balaban J connectivity index is 1.42. The van der Waals surface area contributed by atoms with E-state index in [1.807, 2.05) is 4.90 Å². The molecule has 2 aliphatic rings. The van der Waals surface area contributed by atoms with Crippen LogP contribution in [-0.2, 0) is 0 Å². The van der Waals surface area contributed by atoms with Gasteiger partial charge in [-0.2, -0.15) is 5.10 Å². The molecule has 7 nitrogen and oxygen atoms in total. The summed E-state index contributed by atoms with van der Waals surface area (Å²) in [7, 11) is 0. The van der Waals surface area contributed by atoms with Crippen molar-refractivity contribution in [3.8, 4) is 28.1 Å². The molecule has 1 unspecified atom stereocenters. The fourth-order valence-corrected chi connectivity index (χ4v) is 5.94. The molecule has 0 saturated carbocycles. The van der Waals surface area contributed by atoms with E-state index >= 15 is 0 Å². The number of anilines is 1. The minimum Gasteiger partial charge on any atom is -0.507 e. The number of H-pyrrole nitrogens is 1. The molecular weight excluding hydrogens is 438 g/mol. The van der Waals surface area contributed by atoms with Crippen LogP contribution in [-0.4, -0.2) is 55.8 Å². The van der Waals surface area contributed by atoms with Crippen LogP contribution in [0.3, 0.4) is 0 Å². The lowest BCUT2D eigenvalue weighted by Gasteiger charge is -2.55. The van der Waals surface area contributed by atoms with Crippen molar-refractivity contribution in [1.82, 2.24) is 25.7 Å². The van der Waals surface area contributed by atoms with Gasteiger partial charge in [-0.25, -0.2) is 8.78 Å². The van der Waals surface area contributed by atoms with Crippen LogP contribution < -0.4 is 10.2 Å². The van der Waals surface area contributed by atoms with Crippen LogP contribution in [0.1, 0.15) is 46.0 Å². The van der Waals surface area contributed by atoms with E-state index in [-0.39, 0.29) is 40.5 Å². The van der Waals surface area contributed by atoms with Gasteiger partial charge >= 0.3 is 0 Å². The zero-order chi connectivity index (χ0) is 23.9. The lowest BCUT2D eigenvalue weighted by molar-refractivity contribution is 0.0767. The van der Waals surface area contributed by atoms with E-state index in [0.29, 0.717) is 17.1 Å². The van der Waals surface area contributed by atoms with Gasteiger partial charge in [0.2, 0.25) is 0 Å². The van der Waals surface area contributed by atoms with E-state index in [1.165, 1.54) is 24.8 Å². The minimum atomic E-state index is -0.498. The van der Waals surface area contributed by atoms with Gasteiger partial charge in [0.1, 0.15) is 18.2 Å². The van der Waals surface area contributed by atoms with E-state index in [4.69, 9.17) is 0 Å². The van der Waals surface area contributed by atoms with Crippen molar-refractivity contribution >= 4 is 5.82 Å². The molecule has 180 valence electrons. The highest BCUT2D eigenvalue weighted by molar-refractivity contribution is 5.74. The molecule has 1 aromatic carbocycles. The molecule has 0 radical (unpaired) electrons. The van der Waals surface area contributed by atoms with Crippen LogP contribution in [0.5, 0.6) is 5.75 Å². The number of aromatic hydroxyl groups is 1. The second-order valence-corrected chi connectivity index (χ2v) is 10.2. The average molecular weight is 469 g/mol. The first-order chi connectivity index (χ1) is 16.3. The topological polar surface area (TPSA) is 90.0 Å². The highest BCUT2D eigenvalue weighted by atomic mass is 19.1. The Labute approximate surface area is 197 Å². The molecule has 2 bridgehead atoms. The number of alkyl halides is 1. The number of benzene rings is 1. The van der Waals surface area contributed by atoms with Crippen LogP contribution >= 0.6 is 0 Å². The van der Waals surface area contributed by atoms with E-state index in [9.17, 15) is 13.9 Å². The highest BCUT2D eigenvalue weighted by Crippen LogP contribution is 2.42. The van der Waals surface area contributed by atoms with Gasteiger partial charge in [0.05, 0.1) is 11.9 Å². The third-order valence-electron chi connectivity index (χ3n) is 7.31. The maximum Gasteiger partial charge on any atom is 0.151 e. The fraction of sp³-hybridized carbons (Fsp3) is 0.480. The summed E-state index contributed by atoms with van der Waals surface area (Å²) in [6, 6.07) is 6.23. The minimum absolute atomic E-state index is 0.0257. The lowest BCUT2D eigenvalue weighted by Crippen LogP contribution is -2.67. The maximum atomic E-state index is 14.8. The number of aromatic nitrogens is 4. The Morgan fingerprint density at radius 1 is 1.12 bits per heavy atom. The number of nitrogens with one attached hydrogen (secondary N) is 2. The normalized spacial score (nSPS) is 26.4. The summed E-state index contributed by atoms with van der Waals surface area (Å²) in [4.78, 5) is 2.02. The van der Waals surface area contributed by atoms with Crippen molar-refractivity contribution in [2.75, 3.05) is 18.1 Å². The molecule has 0 amide bonds.